The van der Waals surface area contributed by atoms with Crippen LogP contribution in [-0.2, 0) is 10.0 Å². The van der Waals surface area contributed by atoms with Gasteiger partial charge in [-0.15, -0.1) is 0 Å². The van der Waals surface area contributed by atoms with Gasteiger partial charge in [0, 0.05) is 18.4 Å². The van der Waals surface area contributed by atoms with E-state index in [4.69, 9.17) is 0 Å². The molecule has 1 rings (SSSR count). The predicted molar refractivity (Wildman–Crippen MR) is 69.3 cm³/mol. The number of hydrogen-bond donors (Lipinski definition) is 0. The SMILES string of the molecule is CCN(CCCBr)S(=O)(=O)c1ccccc1. The van der Waals surface area contributed by atoms with E-state index in [0.29, 0.717) is 18.0 Å². The number of sulfonamides is 1. The van der Waals surface area contributed by atoms with Gasteiger partial charge < -0.3 is 0 Å². The van der Waals surface area contributed by atoms with Gasteiger partial charge in [0.15, 0.2) is 0 Å². The molecule has 0 spiro atoms. The highest BCUT2D eigenvalue weighted by Gasteiger charge is 2.21. The Hall–Kier alpha value is -0.390. The molecule has 0 amide bonds. The summed E-state index contributed by atoms with van der Waals surface area (Å²) in [4.78, 5) is 0.367. The molecule has 0 bridgehead atoms. The summed E-state index contributed by atoms with van der Waals surface area (Å²) >= 11 is 3.31. The van der Waals surface area contributed by atoms with Crippen LogP contribution < -0.4 is 0 Å². The van der Waals surface area contributed by atoms with Gasteiger partial charge in [0.2, 0.25) is 10.0 Å². The van der Waals surface area contributed by atoms with Crippen LogP contribution in [0.2, 0.25) is 0 Å². The van der Waals surface area contributed by atoms with Gasteiger partial charge >= 0.3 is 0 Å². The lowest BCUT2D eigenvalue weighted by atomic mass is 10.4. The highest BCUT2D eigenvalue weighted by molar-refractivity contribution is 9.09. The summed E-state index contributed by atoms with van der Waals surface area (Å²) in [6.45, 7) is 2.91. The summed E-state index contributed by atoms with van der Waals surface area (Å²) in [5, 5.41) is 0.813. The second kappa shape index (κ2) is 6.37. The van der Waals surface area contributed by atoms with Gasteiger partial charge in [-0.1, -0.05) is 41.1 Å². The first-order valence-corrected chi connectivity index (χ1v) is 7.80. The summed E-state index contributed by atoms with van der Waals surface area (Å²) in [6.07, 6.45) is 0.819. The molecule has 0 N–H and O–H groups in total. The number of alkyl halides is 1. The number of benzene rings is 1. The highest BCUT2D eigenvalue weighted by atomic mass is 79.9. The normalized spacial score (nSPS) is 11.9. The molecule has 5 heteroatoms. The zero-order chi connectivity index (χ0) is 12.0. The van der Waals surface area contributed by atoms with E-state index in [9.17, 15) is 8.42 Å². The van der Waals surface area contributed by atoms with Gasteiger partial charge in [0.05, 0.1) is 4.90 Å². The van der Waals surface area contributed by atoms with Crippen LogP contribution in [0.5, 0.6) is 0 Å². The van der Waals surface area contributed by atoms with Crippen molar-refractivity contribution >= 4 is 26.0 Å². The second-order valence-electron chi connectivity index (χ2n) is 3.35. The maximum absolute atomic E-state index is 12.2. The molecular formula is C11H16BrNO2S. The molecule has 0 radical (unpaired) electrons. The van der Waals surface area contributed by atoms with E-state index in [1.165, 1.54) is 4.31 Å². The first-order chi connectivity index (χ1) is 7.62. The van der Waals surface area contributed by atoms with E-state index in [-0.39, 0.29) is 0 Å². The molecular weight excluding hydrogens is 290 g/mol. The zero-order valence-corrected chi connectivity index (χ0v) is 11.7. The summed E-state index contributed by atoms with van der Waals surface area (Å²) in [7, 11) is -3.31. The molecule has 0 aromatic heterocycles. The monoisotopic (exact) mass is 305 g/mol. The standard InChI is InChI=1S/C11H16BrNO2S/c1-2-13(10-6-9-12)16(14,15)11-7-4-3-5-8-11/h3-5,7-8H,2,6,9-10H2,1H3. The smallest absolute Gasteiger partial charge is 0.207 e. The third-order valence-electron chi connectivity index (χ3n) is 2.27. The first kappa shape index (κ1) is 13.7. The van der Waals surface area contributed by atoms with Gasteiger partial charge in [-0.05, 0) is 18.6 Å². The van der Waals surface area contributed by atoms with Crippen molar-refractivity contribution in [2.24, 2.45) is 0 Å². The fourth-order valence-electron chi connectivity index (χ4n) is 1.43. The molecule has 3 nitrogen and oxygen atoms in total. The topological polar surface area (TPSA) is 37.4 Å². The van der Waals surface area contributed by atoms with Gasteiger partial charge in [-0.2, -0.15) is 4.31 Å². The van der Waals surface area contributed by atoms with E-state index >= 15 is 0 Å². The van der Waals surface area contributed by atoms with E-state index in [0.717, 1.165) is 11.8 Å². The molecule has 0 saturated carbocycles. The Kier molecular flexibility index (Phi) is 5.44. The minimum atomic E-state index is -3.31. The molecule has 0 aliphatic heterocycles. The van der Waals surface area contributed by atoms with Crippen molar-refractivity contribution in [3.8, 4) is 0 Å². The Morgan fingerprint density at radius 1 is 1.25 bits per heavy atom. The minimum Gasteiger partial charge on any atom is -0.207 e. The molecule has 0 aliphatic carbocycles. The fraction of sp³-hybridized carbons (Fsp3) is 0.455. The summed E-state index contributed by atoms with van der Waals surface area (Å²) in [6, 6.07) is 8.56. The third-order valence-corrected chi connectivity index (χ3v) is 4.82. The van der Waals surface area contributed by atoms with E-state index in [1.54, 1.807) is 24.3 Å². The van der Waals surface area contributed by atoms with Crippen molar-refractivity contribution in [2.45, 2.75) is 18.2 Å². The van der Waals surface area contributed by atoms with Crippen LogP contribution in [0.4, 0.5) is 0 Å². The average molecular weight is 306 g/mol. The summed E-state index contributed by atoms with van der Waals surface area (Å²) < 4.78 is 25.9. The van der Waals surface area contributed by atoms with E-state index in [1.807, 2.05) is 13.0 Å². The molecule has 0 heterocycles. The van der Waals surface area contributed by atoms with Crippen LogP contribution in [0.25, 0.3) is 0 Å². The lowest BCUT2D eigenvalue weighted by molar-refractivity contribution is 0.428. The van der Waals surface area contributed by atoms with E-state index in [2.05, 4.69) is 15.9 Å². The van der Waals surface area contributed by atoms with Crippen LogP contribution in [0.3, 0.4) is 0 Å². The largest absolute Gasteiger partial charge is 0.243 e. The van der Waals surface area contributed by atoms with Crippen molar-refractivity contribution < 1.29 is 8.42 Å². The number of hydrogen-bond acceptors (Lipinski definition) is 2. The van der Waals surface area contributed by atoms with Crippen LogP contribution in [0.15, 0.2) is 35.2 Å². The highest BCUT2D eigenvalue weighted by Crippen LogP contribution is 2.15. The van der Waals surface area contributed by atoms with Gasteiger partial charge in [-0.25, -0.2) is 8.42 Å². The van der Waals surface area contributed by atoms with Crippen LogP contribution in [0, 0.1) is 0 Å². The maximum atomic E-state index is 12.2. The lowest BCUT2D eigenvalue weighted by Gasteiger charge is -2.19. The molecule has 0 unspecified atom stereocenters. The maximum Gasteiger partial charge on any atom is 0.243 e. The van der Waals surface area contributed by atoms with Crippen LogP contribution in [0.1, 0.15) is 13.3 Å². The molecule has 0 aliphatic rings. The first-order valence-electron chi connectivity index (χ1n) is 5.24. The molecule has 1 aromatic carbocycles. The third kappa shape index (κ3) is 3.30. The molecule has 0 saturated heterocycles. The van der Waals surface area contributed by atoms with Gasteiger partial charge in [0.1, 0.15) is 0 Å². The van der Waals surface area contributed by atoms with Crippen molar-refractivity contribution in [3.05, 3.63) is 30.3 Å². The fourth-order valence-corrected chi connectivity index (χ4v) is 3.19. The number of nitrogens with zero attached hydrogens (tertiary/aromatic N) is 1. The molecule has 16 heavy (non-hydrogen) atoms. The van der Waals surface area contributed by atoms with Crippen molar-refractivity contribution in [2.75, 3.05) is 18.4 Å². The minimum absolute atomic E-state index is 0.367. The molecule has 0 atom stereocenters. The Balaban J connectivity index is 2.91. The Labute approximate surface area is 106 Å². The Bertz CT molecular complexity index is 405. The molecule has 90 valence electrons. The van der Waals surface area contributed by atoms with Gasteiger partial charge in [-0.3, -0.25) is 0 Å². The van der Waals surface area contributed by atoms with Crippen molar-refractivity contribution in [1.82, 2.24) is 4.31 Å². The van der Waals surface area contributed by atoms with E-state index < -0.39 is 10.0 Å². The molecule has 1 aromatic rings. The molecule has 0 fully saturated rings. The van der Waals surface area contributed by atoms with Crippen molar-refractivity contribution in [3.63, 3.8) is 0 Å². The number of rotatable bonds is 6. The summed E-state index contributed by atoms with van der Waals surface area (Å²) in [5.74, 6) is 0. The lowest BCUT2D eigenvalue weighted by Crippen LogP contribution is -2.32. The van der Waals surface area contributed by atoms with Crippen LogP contribution in [-0.4, -0.2) is 31.1 Å². The summed E-state index contributed by atoms with van der Waals surface area (Å²) in [5.41, 5.74) is 0. The Morgan fingerprint density at radius 2 is 1.88 bits per heavy atom. The average Bonchev–Trinajstić information content (AvgIpc) is 2.31. The second-order valence-corrected chi connectivity index (χ2v) is 6.08. The van der Waals surface area contributed by atoms with Crippen molar-refractivity contribution in [1.29, 1.82) is 0 Å². The quantitative estimate of drug-likeness (QED) is 0.757. The predicted octanol–water partition coefficient (Wildman–Crippen LogP) is 2.48. The Morgan fingerprint density at radius 3 is 2.38 bits per heavy atom. The van der Waals surface area contributed by atoms with Gasteiger partial charge in [0.25, 0.3) is 0 Å². The van der Waals surface area contributed by atoms with Crippen LogP contribution >= 0.6 is 15.9 Å². The zero-order valence-electron chi connectivity index (χ0n) is 9.27. The number of halogens is 1.